The molecule has 0 aromatic heterocycles. The van der Waals surface area contributed by atoms with Gasteiger partial charge in [0.25, 0.3) is 20.2 Å². The second-order valence-corrected chi connectivity index (χ2v) is 8.32. The highest BCUT2D eigenvalue weighted by molar-refractivity contribution is 7.90. The smallest absolute Gasteiger partial charge is 0.305 e. The van der Waals surface area contributed by atoms with Crippen LogP contribution in [0.1, 0.15) is 51.4 Å². The van der Waals surface area contributed by atoms with Gasteiger partial charge in [-0.1, -0.05) is 32.1 Å². The predicted octanol–water partition coefficient (Wildman–Crippen LogP) is 1.42. The second-order valence-electron chi connectivity index (χ2n) is 5.12. The number of ether oxygens (including phenoxy) is 1. The van der Waals surface area contributed by atoms with Crippen molar-refractivity contribution in [3.05, 3.63) is 0 Å². The summed E-state index contributed by atoms with van der Waals surface area (Å²) in [5, 5.41) is -1.50. The lowest BCUT2D eigenvalue weighted by Gasteiger charge is -2.11. The van der Waals surface area contributed by atoms with Crippen molar-refractivity contribution in [3.8, 4) is 0 Å². The molecule has 10 heteroatoms. The van der Waals surface area contributed by atoms with Crippen molar-refractivity contribution in [2.75, 3.05) is 12.9 Å². The minimum absolute atomic E-state index is 0.0270. The SMILES string of the molecule is COC(=O)CCCCCCCCC(CS(=O)(=O)O)S(=O)(=O)O. The Bertz CT molecular complexity index is 523. The summed E-state index contributed by atoms with van der Waals surface area (Å²) in [4.78, 5) is 10.9. The van der Waals surface area contributed by atoms with E-state index in [1.165, 1.54) is 7.11 Å². The molecule has 0 aromatic carbocycles. The fraction of sp³-hybridized carbons (Fsp3) is 0.917. The van der Waals surface area contributed by atoms with Gasteiger partial charge in [-0.2, -0.15) is 16.8 Å². The standard InChI is InChI=1S/C12H24O8S2/c1-20-12(13)9-7-5-3-2-4-6-8-11(22(17,18)19)10-21(14,15)16/h11H,2-10H2,1H3,(H,14,15,16)(H,17,18,19). The number of carbonyl (C=O) groups is 1. The van der Waals surface area contributed by atoms with Crippen LogP contribution in [0, 0.1) is 0 Å². The van der Waals surface area contributed by atoms with Crippen LogP contribution in [0.4, 0.5) is 0 Å². The molecule has 2 N–H and O–H groups in total. The summed E-state index contributed by atoms with van der Waals surface area (Å²) in [5.41, 5.74) is 0. The zero-order valence-corrected chi connectivity index (χ0v) is 14.2. The highest BCUT2D eigenvalue weighted by atomic mass is 32.2. The van der Waals surface area contributed by atoms with Crippen molar-refractivity contribution < 1.29 is 35.5 Å². The summed E-state index contributed by atoms with van der Waals surface area (Å²) in [7, 11) is -7.62. The van der Waals surface area contributed by atoms with Crippen molar-refractivity contribution in [2.45, 2.75) is 56.6 Å². The first kappa shape index (κ1) is 21.3. The van der Waals surface area contributed by atoms with E-state index in [0.717, 1.165) is 25.7 Å². The Labute approximate surface area is 131 Å². The van der Waals surface area contributed by atoms with Gasteiger partial charge in [-0.15, -0.1) is 0 Å². The van der Waals surface area contributed by atoms with Crippen molar-refractivity contribution in [2.24, 2.45) is 0 Å². The zero-order valence-electron chi connectivity index (χ0n) is 12.6. The molecule has 0 fully saturated rings. The van der Waals surface area contributed by atoms with Gasteiger partial charge < -0.3 is 4.74 Å². The first-order valence-electron chi connectivity index (χ1n) is 7.04. The number of methoxy groups -OCH3 is 1. The highest BCUT2D eigenvalue weighted by Crippen LogP contribution is 2.14. The number of unbranched alkanes of at least 4 members (excludes halogenated alkanes) is 5. The van der Waals surface area contributed by atoms with Gasteiger partial charge >= 0.3 is 5.97 Å². The third-order valence-electron chi connectivity index (χ3n) is 3.20. The molecule has 0 aromatic rings. The molecule has 0 aliphatic rings. The molecule has 0 rings (SSSR count). The van der Waals surface area contributed by atoms with Crippen molar-refractivity contribution >= 4 is 26.2 Å². The number of esters is 1. The second kappa shape index (κ2) is 10.1. The van der Waals surface area contributed by atoms with Crippen LogP contribution in [0.3, 0.4) is 0 Å². The topological polar surface area (TPSA) is 135 Å². The monoisotopic (exact) mass is 360 g/mol. The maximum atomic E-state index is 11.0. The summed E-state index contributed by atoms with van der Waals surface area (Å²) >= 11 is 0. The van der Waals surface area contributed by atoms with Crippen LogP contribution in [0.2, 0.25) is 0 Å². The van der Waals surface area contributed by atoms with Gasteiger partial charge in [0.2, 0.25) is 0 Å². The number of hydrogen-bond acceptors (Lipinski definition) is 6. The van der Waals surface area contributed by atoms with E-state index in [-0.39, 0.29) is 12.4 Å². The third kappa shape index (κ3) is 11.9. The zero-order chi connectivity index (χ0) is 17.2. The summed E-state index contributed by atoms with van der Waals surface area (Å²) in [6, 6.07) is 0. The van der Waals surface area contributed by atoms with E-state index in [1.54, 1.807) is 0 Å². The molecule has 0 saturated heterocycles. The first-order chi connectivity index (χ1) is 10.1. The summed E-state index contributed by atoms with van der Waals surface area (Å²) in [5.74, 6) is -1.24. The van der Waals surface area contributed by atoms with E-state index in [1.807, 2.05) is 0 Å². The molecule has 0 heterocycles. The minimum atomic E-state index is -4.50. The number of carbonyl (C=O) groups excluding carboxylic acids is 1. The first-order valence-corrected chi connectivity index (χ1v) is 10.2. The van der Waals surface area contributed by atoms with Gasteiger partial charge in [0.05, 0.1) is 12.9 Å². The van der Waals surface area contributed by atoms with Crippen LogP contribution in [-0.2, 0) is 29.8 Å². The van der Waals surface area contributed by atoms with E-state index in [0.29, 0.717) is 19.3 Å². The lowest BCUT2D eigenvalue weighted by molar-refractivity contribution is -0.140. The van der Waals surface area contributed by atoms with Crippen LogP contribution in [0.5, 0.6) is 0 Å². The Balaban J connectivity index is 3.89. The fourth-order valence-corrected chi connectivity index (χ4v) is 4.31. The molecular weight excluding hydrogens is 336 g/mol. The lowest BCUT2D eigenvalue weighted by Crippen LogP contribution is -2.29. The Morgan fingerprint density at radius 1 is 0.955 bits per heavy atom. The Kier molecular flexibility index (Phi) is 9.81. The maximum Gasteiger partial charge on any atom is 0.305 e. The Hall–Kier alpha value is -0.710. The fourth-order valence-electron chi connectivity index (χ4n) is 2.00. The normalized spacial score (nSPS) is 13.8. The van der Waals surface area contributed by atoms with Gasteiger partial charge in [-0.3, -0.25) is 13.9 Å². The number of hydrogen-bond donors (Lipinski definition) is 2. The van der Waals surface area contributed by atoms with Gasteiger partial charge in [-0.05, 0) is 12.8 Å². The molecule has 132 valence electrons. The average Bonchev–Trinajstić information content (AvgIpc) is 2.37. The number of rotatable bonds is 12. The van der Waals surface area contributed by atoms with Gasteiger partial charge in [0.15, 0.2) is 0 Å². The van der Waals surface area contributed by atoms with Crippen molar-refractivity contribution in [1.29, 1.82) is 0 Å². The molecule has 8 nitrogen and oxygen atoms in total. The van der Waals surface area contributed by atoms with Gasteiger partial charge in [0, 0.05) is 6.42 Å². The summed E-state index contributed by atoms with van der Waals surface area (Å²) in [6.45, 7) is 0. The molecule has 0 aliphatic heterocycles. The van der Waals surface area contributed by atoms with Crippen LogP contribution >= 0.6 is 0 Å². The molecule has 0 aliphatic carbocycles. The minimum Gasteiger partial charge on any atom is -0.469 e. The van der Waals surface area contributed by atoms with Crippen LogP contribution < -0.4 is 0 Å². The maximum absolute atomic E-state index is 11.0. The molecule has 0 bridgehead atoms. The van der Waals surface area contributed by atoms with E-state index in [2.05, 4.69) is 4.74 Å². The van der Waals surface area contributed by atoms with E-state index < -0.39 is 31.2 Å². The molecule has 1 atom stereocenters. The summed E-state index contributed by atoms with van der Waals surface area (Å²) in [6.07, 6.45) is 4.70. The van der Waals surface area contributed by atoms with Crippen LogP contribution in [0.15, 0.2) is 0 Å². The Morgan fingerprint density at radius 2 is 1.45 bits per heavy atom. The summed E-state index contributed by atoms with van der Waals surface area (Å²) < 4.78 is 65.6. The van der Waals surface area contributed by atoms with E-state index in [4.69, 9.17) is 9.11 Å². The molecular formula is C12H24O8S2. The molecule has 0 saturated carbocycles. The average molecular weight is 360 g/mol. The molecule has 0 radical (unpaired) electrons. The van der Waals surface area contributed by atoms with Crippen LogP contribution in [0.25, 0.3) is 0 Å². The van der Waals surface area contributed by atoms with Crippen molar-refractivity contribution in [3.63, 3.8) is 0 Å². The third-order valence-corrected chi connectivity index (χ3v) is 5.48. The molecule has 0 amide bonds. The van der Waals surface area contributed by atoms with E-state index >= 15 is 0 Å². The van der Waals surface area contributed by atoms with Gasteiger partial charge in [-0.25, -0.2) is 0 Å². The van der Waals surface area contributed by atoms with E-state index in [9.17, 15) is 21.6 Å². The molecule has 22 heavy (non-hydrogen) atoms. The molecule has 1 unspecified atom stereocenters. The lowest BCUT2D eigenvalue weighted by atomic mass is 10.1. The molecule has 0 spiro atoms. The van der Waals surface area contributed by atoms with Crippen molar-refractivity contribution in [1.82, 2.24) is 0 Å². The highest BCUT2D eigenvalue weighted by Gasteiger charge is 2.27. The quantitative estimate of drug-likeness (QED) is 0.303. The Morgan fingerprint density at radius 3 is 1.91 bits per heavy atom. The van der Waals surface area contributed by atoms with Crippen LogP contribution in [-0.4, -0.2) is 50.0 Å². The largest absolute Gasteiger partial charge is 0.469 e. The van der Waals surface area contributed by atoms with Gasteiger partial charge in [0.1, 0.15) is 5.25 Å². The predicted molar refractivity (Wildman–Crippen MR) is 80.7 cm³/mol.